The maximum absolute atomic E-state index is 9.71. The number of aromatic nitrogens is 2. The van der Waals surface area contributed by atoms with Crippen molar-refractivity contribution in [3.63, 3.8) is 0 Å². The quantitative estimate of drug-likeness (QED) is 0.786. The summed E-state index contributed by atoms with van der Waals surface area (Å²) < 4.78 is 2.00. The maximum atomic E-state index is 9.71. The van der Waals surface area contributed by atoms with Crippen molar-refractivity contribution in [2.45, 2.75) is 12.3 Å². The molecule has 4 heteroatoms. The van der Waals surface area contributed by atoms with Gasteiger partial charge in [0.15, 0.2) is 0 Å². The van der Waals surface area contributed by atoms with Crippen LogP contribution in [-0.4, -0.2) is 39.5 Å². The SMILES string of the molecule is CN1CCC(c2ncc3c(O)cccn23)C1. The summed E-state index contributed by atoms with van der Waals surface area (Å²) >= 11 is 0. The number of aromatic hydroxyl groups is 1. The van der Waals surface area contributed by atoms with Crippen LogP contribution in [0.4, 0.5) is 0 Å². The summed E-state index contributed by atoms with van der Waals surface area (Å²) in [6.45, 7) is 2.17. The molecule has 2 aromatic rings. The standard InChI is InChI=1S/C12H15N3O/c1-14-6-4-9(8-14)12-13-7-10-11(16)3-2-5-15(10)12/h2-3,5,7,9,16H,4,6,8H2,1H3. The highest BCUT2D eigenvalue weighted by Gasteiger charge is 2.24. The molecule has 0 aliphatic carbocycles. The zero-order valence-corrected chi connectivity index (χ0v) is 9.30. The minimum Gasteiger partial charge on any atom is -0.506 e. The molecule has 0 saturated carbocycles. The summed E-state index contributed by atoms with van der Waals surface area (Å²) in [6.07, 6.45) is 4.87. The number of nitrogens with zero attached hydrogens (tertiary/aromatic N) is 3. The Morgan fingerprint density at radius 1 is 1.50 bits per heavy atom. The molecule has 3 rings (SSSR count). The second kappa shape index (κ2) is 3.49. The van der Waals surface area contributed by atoms with Gasteiger partial charge in [-0.15, -0.1) is 0 Å². The van der Waals surface area contributed by atoms with Gasteiger partial charge in [0.1, 0.15) is 17.1 Å². The Kier molecular flexibility index (Phi) is 2.11. The molecule has 0 spiro atoms. The van der Waals surface area contributed by atoms with Crippen LogP contribution in [0.2, 0.25) is 0 Å². The molecule has 2 aromatic heterocycles. The van der Waals surface area contributed by atoms with Gasteiger partial charge in [-0.3, -0.25) is 0 Å². The molecule has 1 aliphatic heterocycles. The maximum Gasteiger partial charge on any atom is 0.141 e. The summed E-state index contributed by atoms with van der Waals surface area (Å²) in [5, 5.41) is 9.71. The Morgan fingerprint density at radius 3 is 3.12 bits per heavy atom. The second-order valence-corrected chi connectivity index (χ2v) is 4.51. The first-order chi connectivity index (χ1) is 7.75. The number of rotatable bonds is 1. The molecule has 0 bridgehead atoms. The number of hydrogen-bond acceptors (Lipinski definition) is 3. The van der Waals surface area contributed by atoms with Gasteiger partial charge in [-0.05, 0) is 32.1 Å². The van der Waals surface area contributed by atoms with Gasteiger partial charge < -0.3 is 14.4 Å². The average molecular weight is 217 g/mol. The van der Waals surface area contributed by atoms with E-state index in [1.54, 1.807) is 12.3 Å². The van der Waals surface area contributed by atoms with Crippen molar-refractivity contribution in [1.82, 2.24) is 14.3 Å². The molecule has 1 aliphatic rings. The van der Waals surface area contributed by atoms with E-state index in [2.05, 4.69) is 16.9 Å². The van der Waals surface area contributed by atoms with E-state index < -0.39 is 0 Å². The zero-order valence-electron chi connectivity index (χ0n) is 9.30. The van der Waals surface area contributed by atoms with Gasteiger partial charge in [0.25, 0.3) is 0 Å². The van der Waals surface area contributed by atoms with E-state index in [9.17, 15) is 5.11 Å². The zero-order chi connectivity index (χ0) is 11.1. The third-order valence-electron chi connectivity index (χ3n) is 3.33. The molecule has 1 N–H and O–H groups in total. The van der Waals surface area contributed by atoms with Gasteiger partial charge in [-0.1, -0.05) is 0 Å². The molecule has 1 unspecified atom stereocenters. The van der Waals surface area contributed by atoms with E-state index in [1.807, 2.05) is 16.7 Å². The summed E-state index contributed by atoms with van der Waals surface area (Å²) in [6, 6.07) is 3.55. The number of pyridine rings is 1. The van der Waals surface area contributed by atoms with Crippen LogP contribution in [0.15, 0.2) is 24.5 Å². The first-order valence-electron chi connectivity index (χ1n) is 5.59. The van der Waals surface area contributed by atoms with Crippen molar-refractivity contribution in [3.8, 4) is 5.75 Å². The monoisotopic (exact) mass is 217 g/mol. The average Bonchev–Trinajstić information content (AvgIpc) is 2.84. The molecule has 1 fully saturated rings. The Labute approximate surface area is 94.1 Å². The van der Waals surface area contributed by atoms with E-state index >= 15 is 0 Å². The number of likely N-dealkylation sites (N-methyl/N-ethyl adjacent to an activating group) is 1. The number of likely N-dealkylation sites (tertiary alicyclic amines) is 1. The number of imidazole rings is 1. The fourth-order valence-corrected chi connectivity index (χ4v) is 2.47. The highest BCUT2D eigenvalue weighted by atomic mass is 16.3. The van der Waals surface area contributed by atoms with E-state index in [4.69, 9.17) is 0 Å². The Bertz CT molecular complexity index is 520. The lowest BCUT2D eigenvalue weighted by Gasteiger charge is -2.09. The van der Waals surface area contributed by atoms with Crippen LogP contribution < -0.4 is 0 Å². The molecule has 1 atom stereocenters. The predicted molar refractivity (Wildman–Crippen MR) is 61.7 cm³/mol. The van der Waals surface area contributed by atoms with Crippen molar-refractivity contribution < 1.29 is 5.11 Å². The lowest BCUT2D eigenvalue weighted by molar-refractivity contribution is 0.409. The molecular formula is C12H15N3O. The number of hydrogen-bond donors (Lipinski definition) is 1. The smallest absolute Gasteiger partial charge is 0.141 e. The van der Waals surface area contributed by atoms with E-state index in [0.717, 1.165) is 30.9 Å². The fourth-order valence-electron chi connectivity index (χ4n) is 2.47. The molecule has 84 valence electrons. The number of fused-ring (bicyclic) bond motifs is 1. The van der Waals surface area contributed by atoms with Crippen molar-refractivity contribution in [2.24, 2.45) is 0 Å². The third-order valence-corrected chi connectivity index (χ3v) is 3.33. The fraction of sp³-hybridized carbons (Fsp3) is 0.417. The Balaban J connectivity index is 2.08. The van der Waals surface area contributed by atoms with Crippen LogP contribution in [-0.2, 0) is 0 Å². The van der Waals surface area contributed by atoms with Crippen LogP contribution >= 0.6 is 0 Å². The molecule has 0 aromatic carbocycles. The van der Waals surface area contributed by atoms with Gasteiger partial charge >= 0.3 is 0 Å². The van der Waals surface area contributed by atoms with Crippen LogP contribution in [0.5, 0.6) is 5.75 Å². The molecule has 0 radical (unpaired) electrons. The van der Waals surface area contributed by atoms with Crippen LogP contribution in [0.25, 0.3) is 5.52 Å². The van der Waals surface area contributed by atoms with Gasteiger partial charge in [0, 0.05) is 18.7 Å². The minimum absolute atomic E-state index is 0.299. The van der Waals surface area contributed by atoms with Crippen molar-refractivity contribution in [2.75, 3.05) is 20.1 Å². The van der Waals surface area contributed by atoms with Gasteiger partial charge in [0.05, 0.1) is 6.20 Å². The first-order valence-corrected chi connectivity index (χ1v) is 5.59. The lowest BCUT2D eigenvalue weighted by atomic mass is 10.1. The minimum atomic E-state index is 0.299. The highest BCUT2D eigenvalue weighted by Crippen LogP contribution is 2.28. The van der Waals surface area contributed by atoms with E-state index in [1.165, 1.54) is 0 Å². The predicted octanol–water partition coefficient (Wildman–Crippen LogP) is 1.46. The molecule has 16 heavy (non-hydrogen) atoms. The highest BCUT2D eigenvalue weighted by molar-refractivity contribution is 5.58. The lowest BCUT2D eigenvalue weighted by Crippen LogP contribution is -2.14. The third kappa shape index (κ3) is 1.38. The normalized spacial score (nSPS) is 21.9. The van der Waals surface area contributed by atoms with Gasteiger partial charge in [-0.25, -0.2) is 4.98 Å². The molecule has 0 amide bonds. The van der Waals surface area contributed by atoms with Gasteiger partial charge in [-0.2, -0.15) is 0 Å². The van der Waals surface area contributed by atoms with E-state index in [-0.39, 0.29) is 0 Å². The summed E-state index contributed by atoms with van der Waals surface area (Å²) in [4.78, 5) is 6.76. The van der Waals surface area contributed by atoms with Crippen molar-refractivity contribution in [1.29, 1.82) is 0 Å². The van der Waals surface area contributed by atoms with E-state index in [0.29, 0.717) is 11.7 Å². The van der Waals surface area contributed by atoms with Crippen LogP contribution in [0, 0.1) is 0 Å². The molecule has 4 nitrogen and oxygen atoms in total. The molecule has 1 saturated heterocycles. The first kappa shape index (κ1) is 9.66. The van der Waals surface area contributed by atoms with Crippen LogP contribution in [0.1, 0.15) is 18.2 Å². The molecular weight excluding hydrogens is 202 g/mol. The van der Waals surface area contributed by atoms with Crippen molar-refractivity contribution >= 4 is 5.52 Å². The van der Waals surface area contributed by atoms with Crippen molar-refractivity contribution in [3.05, 3.63) is 30.4 Å². The topological polar surface area (TPSA) is 40.8 Å². The Hall–Kier alpha value is -1.55. The molecule has 3 heterocycles. The van der Waals surface area contributed by atoms with Crippen LogP contribution in [0.3, 0.4) is 0 Å². The Morgan fingerprint density at radius 2 is 2.38 bits per heavy atom. The summed E-state index contributed by atoms with van der Waals surface area (Å²) in [7, 11) is 2.13. The summed E-state index contributed by atoms with van der Waals surface area (Å²) in [5.41, 5.74) is 0.798. The van der Waals surface area contributed by atoms with Gasteiger partial charge in [0.2, 0.25) is 0 Å². The summed E-state index contributed by atoms with van der Waals surface area (Å²) in [5.74, 6) is 1.84. The second-order valence-electron chi connectivity index (χ2n) is 4.51. The largest absolute Gasteiger partial charge is 0.506 e.